The zero-order chi connectivity index (χ0) is 16.8. The lowest BCUT2D eigenvalue weighted by Crippen LogP contribution is -2.43. The van der Waals surface area contributed by atoms with Gasteiger partial charge in [0.15, 0.2) is 0 Å². The van der Waals surface area contributed by atoms with Crippen molar-refractivity contribution in [2.24, 2.45) is 0 Å². The molecule has 1 aliphatic rings. The molecule has 2 aromatic heterocycles. The van der Waals surface area contributed by atoms with Gasteiger partial charge in [0.25, 0.3) is 0 Å². The summed E-state index contributed by atoms with van der Waals surface area (Å²) in [6, 6.07) is 6.99. The van der Waals surface area contributed by atoms with E-state index in [1.807, 2.05) is 0 Å². The number of methoxy groups -OCH3 is 1. The summed E-state index contributed by atoms with van der Waals surface area (Å²) in [5, 5.41) is 7.83. The molecule has 1 atom stereocenters. The van der Waals surface area contributed by atoms with Crippen molar-refractivity contribution in [2.75, 3.05) is 20.2 Å². The second-order valence-electron chi connectivity index (χ2n) is 5.43. The molecule has 0 saturated carbocycles. The summed E-state index contributed by atoms with van der Waals surface area (Å²) in [6.07, 6.45) is 6.43. The third-order valence-corrected chi connectivity index (χ3v) is 3.74. The third kappa shape index (κ3) is 4.13. The van der Waals surface area contributed by atoms with Crippen molar-refractivity contribution in [1.82, 2.24) is 15.1 Å². The number of carbonyl (C=O) groups is 1. The number of likely N-dealkylation sites (tertiary alicyclic amines) is 1. The molecular formula is C17H19N3O4. The molecule has 1 amide bonds. The van der Waals surface area contributed by atoms with Crippen LogP contribution in [-0.2, 0) is 4.79 Å². The van der Waals surface area contributed by atoms with Crippen molar-refractivity contribution in [2.45, 2.75) is 18.9 Å². The first-order chi connectivity index (χ1) is 11.7. The number of carbonyl (C=O) groups excluding carboxylic acids is 1. The number of piperidine rings is 1. The van der Waals surface area contributed by atoms with Gasteiger partial charge in [-0.1, -0.05) is 0 Å². The first-order valence-electron chi connectivity index (χ1n) is 7.79. The topological polar surface area (TPSA) is 77.7 Å². The van der Waals surface area contributed by atoms with Gasteiger partial charge in [0, 0.05) is 24.8 Å². The molecular weight excluding hydrogens is 310 g/mol. The Morgan fingerprint density at radius 1 is 1.33 bits per heavy atom. The Hall–Kier alpha value is -2.83. The molecule has 0 radical (unpaired) electrons. The van der Waals surface area contributed by atoms with Gasteiger partial charge in [-0.15, -0.1) is 10.2 Å². The summed E-state index contributed by atoms with van der Waals surface area (Å²) in [6.45, 7) is 1.24. The molecule has 1 saturated heterocycles. The smallest absolute Gasteiger partial charge is 0.246 e. The fourth-order valence-corrected chi connectivity index (χ4v) is 2.53. The van der Waals surface area contributed by atoms with Crippen LogP contribution < -0.4 is 9.47 Å². The van der Waals surface area contributed by atoms with Crippen LogP contribution >= 0.6 is 0 Å². The summed E-state index contributed by atoms with van der Waals surface area (Å²) < 4.78 is 16.0. The molecule has 126 valence electrons. The predicted octanol–water partition coefficient (Wildman–Crippen LogP) is 2.16. The highest BCUT2D eigenvalue weighted by Crippen LogP contribution is 2.18. The highest BCUT2D eigenvalue weighted by atomic mass is 16.5. The Kier molecular flexibility index (Phi) is 5.10. The van der Waals surface area contributed by atoms with E-state index < -0.39 is 0 Å². The van der Waals surface area contributed by atoms with E-state index in [0.717, 1.165) is 19.4 Å². The van der Waals surface area contributed by atoms with Gasteiger partial charge in [0.1, 0.15) is 11.9 Å². The zero-order valence-corrected chi connectivity index (χ0v) is 13.4. The van der Waals surface area contributed by atoms with E-state index in [1.54, 1.807) is 41.5 Å². The van der Waals surface area contributed by atoms with Gasteiger partial charge in [-0.05, 0) is 31.1 Å². The lowest BCUT2D eigenvalue weighted by molar-refractivity contribution is -0.128. The van der Waals surface area contributed by atoms with E-state index >= 15 is 0 Å². The number of furan rings is 1. The van der Waals surface area contributed by atoms with Crippen molar-refractivity contribution in [3.63, 3.8) is 0 Å². The zero-order valence-electron chi connectivity index (χ0n) is 13.4. The quantitative estimate of drug-likeness (QED) is 0.782. The number of hydrogen-bond acceptors (Lipinski definition) is 6. The first kappa shape index (κ1) is 16.0. The van der Waals surface area contributed by atoms with E-state index in [1.165, 1.54) is 13.2 Å². The maximum atomic E-state index is 12.3. The normalized spacial score (nSPS) is 17.9. The molecule has 0 bridgehead atoms. The van der Waals surface area contributed by atoms with Crippen molar-refractivity contribution >= 4 is 12.0 Å². The van der Waals surface area contributed by atoms with Gasteiger partial charge < -0.3 is 18.8 Å². The number of rotatable bonds is 5. The highest BCUT2D eigenvalue weighted by Gasteiger charge is 2.24. The van der Waals surface area contributed by atoms with Crippen molar-refractivity contribution < 1.29 is 18.7 Å². The van der Waals surface area contributed by atoms with Crippen molar-refractivity contribution in [3.8, 4) is 11.8 Å². The van der Waals surface area contributed by atoms with Gasteiger partial charge in [0.2, 0.25) is 17.7 Å². The minimum Gasteiger partial charge on any atom is -0.480 e. The van der Waals surface area contributed by atoms with E-state index in [0.29, 0.717) is 24.1 Å². The molecule has 2 aromatic rings. The number of amides is 1. The van der Waals surface area contributed by atoms with Gasteiger partial charge in [0.05, 0.1) is 19.9 Å². The van der Waals surface area contributed by atoms with Crippen LogP contribution in [0.2, 0.25) is 0 Å². The van der Waals surface area contributed by atoms with E-state index in [-0.39, 0.29) is 12.0 Å². The van der Waals surface area contributed by atoms with Crippen molar-refractivity contribution in [3.05, 3.63) is 42.4 Å². The molecule has 1 unspecified atom stereocenters. The molecule has 0 aliphatic carbocycles. The SMILES string of the molecule is COc1ccc(OC2CCCN(C(=O)/C=C/c3ccco3)C2)nn1. The fraction of sp³-hybridized carbons (Fsp3) is 0.353. The summed E-state index contributed by atoms with van der Waals surface area (Å²) in [4.78, 5) is 14.0. The van der Waals surface area contributed by atoms with Crippen LogP contribution in [0.4, 0.5) is 0 Å². The van der Waals surface area contributed by atoms with Crippen LogP contribution in [0.5, 0.6) is 11.8 Å². The van der Waals surface area contributed by atoms with Gasteiger partial charge >= 0.3 is 0 Å². The molecule has 7 heteroatoms. The highest BCUT2D eigenvalue weighted by molar-refractivity contribution is 5.91. The lowest BCUT2D eigenvalue weighted by Gasteiger charge is -2.31. The molecule has 1 fully saturated rings. The van der Waals surface area contributed by atoms with Crippen LogP contribution in [0.1, 0.15) is 18.6 Å². The molecule has 3 rings (SSSR count). The monoisotopic (exact) mass is 329 g/mol. The Morgan fingerprint density at radius 3 is 2.88 bits per heavy atom. The molecule has 3 heterocycles. The van der Waals surface area contributed by atoms with Gasteiger partial charge in [-0.2, -0.15) is 0 Å². The average molecular weight is 329 g/mol. The fourth-order valence-electron chi connectivity index (χ4n) is 2.53. The Balaban J connectivity index is 1.56. The maximum Gasteiger partial charge on any atom is 0.246 e. The third-order valence-electron chi connectivity index (χ3n) is 3.74. The second-order valence-corrected chi connectivity index (χ2v) is 5.43. The Labute approximate surface area is 139 Å². The Morgan fingerprint density at radius 2 is 2.17 bits per heavy atom. The molecule has 1 aliphatic heterocycles. The lowest BCUT2D eigenvalue weighted by atomic mass is 10.1. The number of hydrogen-bond donors (Lipinski definition) is 0. The molecule has 0 spiro atoms. The first-order valence-corrected chi connectivity index (χ1v) is 7.79. The summed E-state index contributed by atoms with van der Waals surface area (Å²) in [5.41, 5.74) is 0. The van der Waals surface area contributed by atoms with Crippen LogP contribution in [0, 0.1) is 0 Å². The van der Waals surface area contributed by atoms with E-state index in [2.05, 4.69) is 10.2 Å². The summed E-state index contributed by atoms with van der Waals surface area (Å²) in [7, 11) is 1.53. The maximum absolute atomic E-state index is 12.3. The number of nitrogens with zero attached hydrogens (tertiary/aromatic N) is 3. The van der Waals surface area contributed by atoms with Crippen molar-refractivity contribution in [1.29, 1.82) is 0 Å². The largest absolute Gasteiger partial charge is 0.480 e. The van der Waals surface area contributed by atoms with Gasteiger partial charge in [-0.25, -0.2) is 0 Å². The van der Waals surface area contributed by atoms with Crippen LogP contribution in [0.15, 0.2) is 41.0 Å². The Bertz CT molecular complexity index is 682. The van der Waals surface area contributed by atoms with E-state index in [4.69, 9.17) is 13.9 Å². The average Bonchev–Trinajstić information content (AvgIpc) is 3.14. The minimum absolute atomic E-state index is 0.0551. The molecule has 0 aromatic carbocycles. The second kappa shape index (κ2) is 7.63. The van der Waals surface area contributed by atoms with Gasteiger partial charge in [-0.3, -0.25) is 4.79 Å². The van der Waals surface area contributed by atoms with E-state index in [9.17, 15) is 4.79 Å². The van der Waals surface area contributed by atoms with Crippen LogP contribution in [0.25, 0.3) is 6.08 Å². The molecule has 7 nitrogen and oxygen atoms in total. The standard InChI is InChI=1S/C17H19N3O4/c1-22-15-7-8-16(19-18-15)24-14-4-2-10-20(12-14)17(21)9-6-13-5-3-11-23-13/h3,5-9,11,14H,2,4,10,12H2,1H3/b9-6+. The molecule has 0 N–H and O–H groups in total. The summed E-state index contributed by atoms with van der Waals surface area (Å²) >= 11 is 0. The number of ether oxygens (including phenoxy) is 2. The molecule has 24 heavy (non-hydrogen) atoms. The predicted molar refractivity (Wildman–Crippen MR) is 86.6 cm³/mol. The minimum atomic E-state index is -0.0950. The number of aromatic nitrogens is 2. The summed E-state index contributed by atoms with van der Waals surface area (Å²) in [5.74, 6) is 1.47. The van der Waals surface area contributed by atoms with Crippen LogP contribution in [-0.4, -0.2) is 47.3 Å². The van der Waals surface area contributed by atoms with Crippen LogP contribution in [0.3, 0.4) is 0 Å².